The second-order valence-electron chi connectivity index (χ2n) is 4.27. The van der Waals surface area contributed by atoms with Crippen molar-refractivity contribution in [3.05, 3.63) is 39.7 Å². The molecule has 6 heteroatoms. The number of carbonyl (C=O) groups is 1. The van der Waals surface area contributed by atoms with Gasteiger partial charge in [-0.1, -0.05) is 0 Å². The number of non-ortho nitro benzene ring substituents is 1. The van der Waals surface area contributed by atoms with Crippen LogP contribution in [0.5, 0.6) is 0 Å². The van der Waals surface area contributed by atoms with Crippen molar-refractivity contribution >= 4 is 11.7 Å². The number of nitrogens with zero attached hydrogens (tertiary/aromatic N) is 1. The lowest BCUT2D eigenvalue weighted by Gasteiger charge is -2.13. The third kappa shape index (κ3) is 2.11. The van der Waals surface area contributed by atoms with Crippen LogP contribution < -0.4 is 0 Å². The van der Waals surface area contributed by atoms with Gasteiger partial charge in [0.15, 0.2) is 0 Å². The molecule has 0 aliphatic heterocycles. The third-order valence-electron chi connectivity index (χ3n) is 3.08. The Morgan fingerprint density at radius 1 is 1.53 bits per heavy atom. The summed E-state index contributed by atoms with van der Waals surface area (Å²) in [6.07, 6.45) is 0.917. The quantitative estimate of drug-likeness (QED) is 0.645. The van der Waals surface area contributed by atoms with Crippen molar-refractivity contribution in [2.45, 2.75) is 24.7 Å². The van der Waals surface area contributed by atoms with Gasteiger partial charge in [-0.3, -0.25) is 14.9 Å². The van der Waals surface area contributed by atoms with Crippen LogP contribution in [-0.2, 0) is 10.2 Å². The topological polar surface area (TPSA) is 80.4 Å². The molecular formula is C11H10FNO4. The van der Waals surface area contributed by atoms with Crippen LogP contribution in [-0.4, -0.2) is 16.0 Å². The average Bonchev–Trinajstić information content (AvgIpc) is 2.97. The Morgan fingerprint density at radius 3 is 2.65 bits per heavy atom. The molecule has 1 fully saturated rings. The zero-order chi connectivity index (χ0) is 12.6. The van der Waals surface area contributed by atoms with Crippen molar-refractivity contribution in [1.82, 2.24) is 0 Å². The van der Waals surface area contributed by atoms with Crippen molar-refractivity contribution < 1.29 is 19.2 Å². The van der Waals surface area contributed by atoms with Crippen LogP contribution in [0.3, 0.4) is 0 Å². The Balaban J connectivity index is 2.41. The van der Waals surface area contributed by atoms with E-state index in [4.69, 9.17) is 5.11 Å². The Morgan fingerprint density at radius 2 is 2.18 bits per heavy atom. The molecule has 0 amide bonds. The molecule has 0 bridgehead atoms. The molecule has 1 aromatic rings. The molecule has 1 saturated carbocycles. The van der Waals surface area contributed by atoms with Crippen molar-refractivity contribution in [3.8, 4) is 0 Å². The van der Waals surface area contributed by atoms with Crippen LogP contribution in [0.4, 0.5) is 10.1 Å². The van der Waals surface area contributed by atoms with E-state index in [1.54, 1.807) is 0 Å². The van der Waals surface area contributed by atoms with E-state index in [1.807, 2.05) is 0 Å². The van der Waals surface area contributed by atoms with Crippen LogP contribution in [0.2, 0.25) is 0 Å². The van der Waals surface area contributed by atoms with Crippen LogP contribution in [0.1, 0.15) is 24.8 Å². The zero-order valence-electron chi connectivity index (χ0n) is 8.85. The number of carboxylic acid groups (broad SMARTS) is 1. The molecule has 1 N–H and O–H groups in total. The highest BCUT2D eigenvalue weighted by atomic mass is 19.1. The average molecular weight is 239 g/mol. The van der Waals surface area contributed by atoms with E-state index in [-0.39, 0.29) is 17.7 Å². The number of benzene rings is 1. The maximum Gasteiger partial charge on any atom is 0.304 e. The summed E-state index contributed by atoms with van der Waals surface area (Å²) in [5.74, 6) is -1.59. The summed E-state index contributed by atoms with van der Waals surface area (Å²) in [6.45, 7) is 0. The van der Waals surface area contributed by atoms with Crippen molar-refractivity contribution in [1.29, 1.82) is 0 Å². The van der Waals surface area contributed by atoms with Gasteiger partial charge in [0.1, 0.15) is 5.82 Å². The van der Waals surface area contributed by atoms with Crippen molar-refractivity contribution in [3.63, 3.8) is 0 Å². The van der Waals surface area contributed by atoms with E-state index < -0.39 is 22.1 Å². The normalized spacial score (nSPS) is 16.5. The number of hydrogen-bond acceptors (Lipinski definition) is 3. The molecule has 0 spiro atoms. The minimum Gasteiger partial charge on any atom is -0.481 e. The van der Waals surface area contributed by atoms with E-state index in [2.05, 4.69) is 0 Å². The van der Waals surface area contributed by atoms with Gasteiger partial charge in [0, 0.05) is 23.1 Å². The van der Waals surface area contributed by atoms with Gasteiger partial charge in [0.05, 0.1) is 11.3 Å². The van der Waals surface area contributed by atoms with Crippen LogP contribution in [0, 0.1) is 15.9 Å². The third-order valence-corrected chi connectivity index (χ3v) is 3.08. The van der Waals surface area contributed by atoms with E-state index in [1.165, 1.54) is 0 Å². The van der Waals surface area contributed by atoms with Crippen LogP contribution >= 0.6 is 0 Å². The molecule has 0 heterocycles. The van der Waals surface area contributed by atoms with Crippen molar-refractivity contribution in [2.75, 3.05) is 0 Å². The fraction of sp³-hybridized carbons (Fsp3) is 0.364. The number of hydrogen-bond donors (Lipinski definition) is 1. The number of nitro benzene ring substituents is 1. The van der Waals surface area contributed by atoms with Crippen LogP contribution in [0.15, 0.2) is 18.2 Å². The number of rotatable bonds is 4. The minimum atomic E-state index is -1.02. The first kappa shape index (κ1) is 11.5. The molecule has 5 nitrogen and oxygen atoms in total. The zero-order valence-corrected chi connectivity index (χ0v) is 8.85. The van der Waals surface area contributed by atoms with Gasteiger partial charge in [-0.2, -0.15) is 0 Å². The monoisotopic (exact) mass is 239 g/mol. The summed E-state index contributed by atoms with van der Waals surface area (Å²) >= 11 is 0. The first-order valence-corrected chi connectivity index (χ1v) is 5.11. The van der Waals surface area contributed by atoms with Gasteiger partial charge in [0.2, 0.25) is 0 Å². The van der Waals surface area contributed by atoms with Gasteiger partial charge in [0.25, 0.3) is 5.69 Å². The molecule has 0 radical (unpaired) electrons. The molecule has 90 valence electrons. The summed E-state index contributed by atoms with van der Waals surface area (Å²) in [5.41, 5.74) is -0.811. The maximum absolute atomic E-state index is 13.6. The lowest BCUT2D eigenvalue weighted by Crippen LogP contribution is -2.15. The minimum absolute atomic E-state index is 0.147. The summed E-state index contributed by atoms with van der Waals surface area (Å²) in [7, 11) is 0. The van der Waals surface area contributed by atoms with Crippen LogP contribution in [0.25, 0.3) is 0 Å². The van der Waals surface area contributed by atoms with Gasteiger partial charge >= 0.3 is 5.97 Å². The first-order chi connectivity index (χ1) is 7.94. The highest BCUT2D eigenvalue weighted by molar-refractivity contribution is 5.70. The van der Waals surface area contributed by atoms with E-state index in [0.29, 0.717) is 12.8 Å². The molecule has 1 aromatic carbocycles. The molecule has 0 saturated heterocycles. The number of aliphatic carboxylic acids is 1. The first-order valence-electron chi connectivity index (χ1n) is 5.11. The number of carboxylic acids is 1. The molecule has 1 aliphatic rings. The Labute approximate surface area is 96.0 Å². The molecule has 17 heavy (non-hydrogen) atoms. The molecule has 2 rings (SSSR count). The SMILES string of the molecule is O=C(O)CC1(c2cc([N+](=O)[O-])ccc2F)CC1. The van der Waals surface area contributed by atoms with E-state index in [9.17, 15) is 19.3 Å². The lowest BCUT2D eigenvalue weighted by molar-refractivity contribution is -0.385. The predicted molar refractivity (Wildman–Crippen MR) is 56.2 cm³/mol. The number of nitro groups is 1. The Bertz CT molecular complexity index is 496. The van der Waals surface area contributed by atoms with Gasteiger partial charge < -0.3 is 5.11 Å². The van der Waals surface area contributed by atoms with Gasteiger partial charge in [-0.15, -0.1) is 0 Å². The smallest absolute Gasteiger partial charge is 0.304 e. The van der Waals surface area contributed by atoms with Gasteiger partial charge in [-0.25, -0.2) is 4.39 Å². The van der Waals surface area contributed by atoms with Gasteiger partial charge in [-0.05, 0) is 18.9 Å². The maximum atomic E-state index is 13.6. The van der Waals surface area contributed by atoms with Crippen molar-refractivity contribution in [2.24, 2.45) is 0 Å². The highest BCUT2D eigenvalue weighted by Crippen LogP contribution is 2.52. The summed E-state index contributed by atoms with van der Waals surface area (Å²) < 4.78 is 13.6. The Hall–Kier alpha value is -1.98. The lowest BCUT2D eigenvalue weighted by atomic mass is 9.91. The van der Waals surface area contributed by atoms with E-state index in [0.717, 1.165) is 18.2 Å². The molecule has 0 unspecified atom stereocenters. The molecule has 0 atom stereocenters. The highest BCUT2D eigenvalue weighted by Gasteiger charge is 2.48. The summed E-state index contributed by atoms with van der Waals surface area (Å²) in [5, 5.41) is 19.4. The Kier molecular flexibility index (Phi) is 2.57. The molecular weight excluding hydrogens is 229 g/mol. The largest absolute Gasteiger partial charge is 0.481 e. The fourth-order valence-electron chi connectivity index (χ4n) is 2.01. The fourth-order valence-corrected chi connectivity index (χ4v) is 2.01. The summed E-state index contributed by atoms with van der Waals surface area (Å²) in [6, 6.07) is 3.25. The summed E-state index contributed by atoms with van der Waals surface area (Å²) in [4.78, 5) is 20.7. The predicted octanol–water partition coefficient (Wildman–Crippen LogP) is 2.24. The van der Waals surface area contributed by atoms with E-state index >= 15 is 0 Å². The second kappa shape index (κ2) is 3.80. The second-order valence-corrected chi connectivity index (χ2v) is 4.27. The number of halogens is 1. The molecule has 0 aromatic heterocycles. The standard InChI is InChI=1S/C11H10FNO4/c12-9-2-1-7(13(16)17)5-8(9)11(3-4-11)6-10(14)15/h1-2,5H,3-4,6H2,(H,14,15). The molecule has 1 aliphatic carbocycles.